The molecular formula is C25H20ClFN2O3. The average Bonchev–Trinajstić information content (AvgIpc) is 2.79. The lowest BCUT2D eigenvalue weighted by Crippen LogP contribution is -2.13. The highest BCUT2D eigenvalue weighted by Gasteiger charge is 2.12. The smallest absolute Gasteiger partial charge is 0.266 e. The van der Waals surface area contributed by atoms with Crippen LogP contribution in [0.15, 0.2) is 72.3 Å². The van der Waals surface area contributed by atoms with Gasteiger partial charge in [0.25, 0.3) is 5.91 Å². The Bertz CT molecular complexity index is 1150. The van der Waals surface area contributed by atoms with E-state index >= 15 is 0 Å². The Labute approximate surface area is 190 Å². The van der Waals surface area contributed by atoms with E-state index in [1.54, 1.807) is 30.3 Å². The van der Waals surface area contributed by atoms with Gasteiger partial charge in [0.2, 0.25) is 0 Å². The van der Waals surface area contributed by atoms with Crippen molar-refractivity contribution in [2.45, 2.75) is 13.5 Å². The van der Waals surface area contributed by atoms with E-state index in [9.17, 15) is 14.4 Å². The minimum atomic E-state index is -0.597. The Morgan fingerprint density at radius 3 is 2.44 bits per heavy atom. The van der Waals surface area contributed by atoms with Gasteiger partial charge in [0, 0.05) is 10.7 Å². The van der Waals surface area contributed by atoms with E-state index in [0.29, 0.717) is 41.0 Å². The number of ether oxygens (including phenoxy) is 2. The normalized spacial score (nSPS) is 10.9. The number of hydrogen-bond acceptors (Lipinski definition) is 4. The first kappa shape index (κ1) is 22.9. The number of amides is 1. The van der Waals surface area contributed by atoms with Gasteiger partial charge in [-0.2, -0.15) is 5.26 Å². The standard InChI is InChI=1S/C25H20ClFN2O3/c1-2-31-24-14-18(5-12-23(24)32-16-17-3-6-20(26)7-4-17)13-19(15-28)25(30)29-22-10-8-21(27)9-11-22/h3-14H,2,16H2,1H3,(H,29,30)/b19-13-. The van der Waals surface area contributed by atoms with Crippen LogP contribution < -0.4 is 14.8 Å². The van der Waals surface area contributed by atoms with Crippen LogP contribution in [0.25, 0.3) is 6.08 Å². The molecule has 0 fully saturated rings. The molecule has 0 atom stereocenters. The van der Waals surface area contributed by atoms with Crippen LogP contribution in [0.3, 0.4) is 0 Å². The second-order valence-corrected chi connectivity index (χ2v) is 7.12. The Morgan fingerprint density at radius 2 is 1.78 bits per heavy atom. The van der Waals surface area contributed by atoms with Gasteiger partial charge < -0.3 is 14.8 Å². The van der Waals surface area contributed by atoms with Gasteiger partial charge in [0.05, 0.1) is 6.61 Å². The first-order chi connectivity index (χ1) is 15.5. The fourth-order valence-corrected chi connectivity index (χ4v) is 2.92. The number of nitriles is 1. The first-order valence-electron chi connectivity index (χ1n) is 9.81. The van der Waals surface area contributed by atoms with E-state index in [1.165, 1.54) is 30.3 Å². The maximum absolute atomic E-state index is 13.0. The molecule has 0 bridgehead atoms. The second-order valence-electron chi connectivity index (χ2n) is 6.69. The van der Waals surface area contributed by atoms with Crippen molar-refractivity contribution in [3.05, 3.63) is 94.3 Å². The summed E-state index contributed by atoms with van der Waals surface area (Å²) in [5.74, 6) is 0.0145. The van der Waals surface area contributed by atoms with Crippen LogP contribution >= 0.6 is 11.6 Å². The topological polar surface area (TPSA) is 71.3 Å². The number of carbonyl (C=O) groups excluding carboxylic acids is 1. The lowest BCUT2D eigenvalue weighted by atomic mass is 10.1. The summed E-state index contributed by atoms with van der Waals surface area (Å²) < 4.78 is 24.6. The summed E-state index contributed by atoms with van der Waals surface area (Å²) in [7, 11) is 0. The van der Waals surface area contributed by atoms with Crippen LogP contribution in [-0.2, 0) is 11.4 Å². The number of nitrogens with one attached hydrogen (secondary N) is 1. The number of anilines is 1. The minimum absolute atomic E-state index is 0.105. The van der Waals surface area contributed by atoms with Gasteiger partial charge in [-0.3, -0.25) is 4.79 Å². The van der Waals surface area contributed by atoms with Crippen molar-refractivity contribution >= 4 is 29.3 Å². The monoisotopic (exact) mass is 450 g/mol. The van der Waals surface area contributed by atoms with E-state index < -0.39 is 11.7 Å². The van der Waals surface area contributed by atoms with Gasteiger partial charge in [0.1, 0.15) is 24.1 Å². The molecule has 0 saturated heterocycles. The molecule has 32 heavy (non-hydrogen) atoms. The molecule has 0 saturated carbocycles. The summed E-state index contributed by atoms with van der Waals surface area (Å²) in [4.78, 5) is 12.4. The van der Waals surface area contributed by atoms with Crippen molar-refractivity contribution < 1.29 is 18.7 Å². The molecular weight excluding hydrogens is 431 g/mol. The number of carbonyl (C=O) groups is 1. The molecule has 1 amide bonds. The number of nitrogens with zero attached hydrogens (tertiary/aromatic N) is 1. The van der Waals surface area contributed by atoms with Gasteiger partial charge in [-0.05, 0) is 72.7 Å². The highest BCUT2D eigenvalue weighted by Crippen LogP contribution is 2.30. The molecule has 0 aromatic heterocycles. The third-order valence-electron chi connectivity index (χ3n) is 4.35. The van der Waals surface area contributed by atoms with Crippen LogP contribution in [0.2, 0.25) is 5.02 Å². The SMILES string of the molecule is CCOc1cc(/C=C(/C#N)C(=O)Nc2ccc(F)cc2)ccc1OCc1ccc(Cl)cc1. The predicted molar refractivity (Wildman–Crippen MR) is 122 cm³/mol. The van der Waals surface area contributed by atoms with E-state index in [4.69, 9.17) is 21.1 Å². The molecule has 3 aromatic carbocycles. The fraction of sp³-hybridized carbons (Fsp3) is 0.120. The summed E-state index contributed by atoms with van der Waals surface area (Å²) >= 11 is 5.91. The maximum Gasteiger partial charge on any atom is 0.266 e. The van der Waals surface area contributed by atoms with Gasteiger partial charge in [-0.25, -0.2) is 4.39 Å². The molecule has 0 aliphatic heterocycles. The number of benzene rings is 3. The molecule has 0 unspecified atom stereocenters. The highest BCUT2D eigenvalue weighted by atomic mass is 35.5. The van der Waals surface area contributed by atoms with Crippen molar-refractivity contribution in [2.24, 2.45) is 0 Å². The molecule has 0 aliphatic carbocycles. The van der Waals surface area contributed by atoms with Gasteiger partial charge >= 0.3 is 0 Å². The zero-order chi connectivity index (χ0) is 22.9. The van der Waals surface area contributed by atoms with Crippen molar-refractivity contribution in [1.29, 1.82) is 5.26 Å². The van der Waals surface area contributed by atoms with Gasteiger partial charge in [-0.15, -0.1) is 0 Å². The molecule has 3 rings (SSSR count). The predicted octanol–water partition coefficient (Wildman–Crippen LogP) is 6.00. The Morgan fingerprint density at radius 1 is 1.06 bits per heavy atom. The fourth-order valence-electron chi connectivity index (χ4n) is 2.79. The van der Waals surface area contributed by atoms with E-state index in [2.05, 4.69) is 5.32 Å². The summed E-state index contributed by atoms with van der Waals surface area (Å²) in [5, 5.41) is 12.7. The molecule has 5 nitrogen and oxygen atoms in total. The van der Waals surface area contributed by atoms with Gasteiger partial charge in [0.15, 0.2) is 11.5 Å². The van der Waals surface area contributed by atoms with Crippen LogP contribution in [-0.4, -0.2) is 12.5 Å². The quantitative estimate of drug-likeness (QED) is 0.337. The summed E-state index contributed by atoms with van der Waals surface area (Å²) in [5.41, 5.74) is 1.83. The largest absolute Gasteiger partial charge is 0.490 e. The molecule has 0 aliphatic rings. The summed E-state index contributed by atoms with van der Waals surface area (Å²) in [6.45, 7) is 2.60. The van der Waals surface area contributed by atoms with E-state index in [-0.39, 0.29) is 5.57 Å². The number of rotatable bonds is 8. The molecule has 162 valence electrons. The Kier molecular flexibility index (Phi) is 7.85. The molecule has 3 aromatic rings. The van der Waals surface area contributed by atoms with Crippen molar-refractivity contribution in [1.82, 2.24) is 0 Å². The van der Waals surface area contributed by atoms with Crippen LogP contribution in [0.1, 0.15) is 18.1 Å². The van der Waals surface area contributed by atoms with Crippen LogP contribution in [0.5, 0.6) is 11.5 Å². The zero-order valence-electron chi connectivity index (χ0n) is 17.3. The van der Waals surface area contributed by atoms with Crippen LogP contribution in [0.4, 0.5) is 10.1 Å². The van der Waals surface area contributed by atoms with Crippen molar-refractivity contribution in [3.8, 4) is 17.6 Å². The summed E-state index contributed by atoms with van der Waals surface area (Å²) in [6, 6.07) is 19.6. The lowest BCUT2D eigenvalue weighted by Gasteiger charge is -2.13. The minimum Gasteiger partial charge on any atom is -0.490 e. The first-order valence-corrected chi connectivity index (χ1v) is 10.2. The van der Waals surface area contributed by atoms with E-state index in [0.717, 1.165) is 5.56 Å². The molecule has 7 heteroatoms. The molecule has 0 spiro atoms. The van der Waals surface area contributed by atoms with E-state index in [1.807, 2.05) is 25.1 Å². The average molecular weight is 451 g/mol. The Hall–Kier alpha value is -3.82. The Balaban J connectivity index is 1.76. The number of hydrogen-bond donors (Lipinski definition) is 1. The summed E-state index contributed by atoms with van der Waals surface area (Å²) in [6.07, 6.45) is 1.45. The maximum atomic E-state index is 13.0. The molecule has 0 heterocycles. The number of halogens is 2. The third-order valence-corrected chi connectivity index (χ3v) is 4.61. The van der Waals surface area contributed by atoms with Crippen molar-refractivity contribution in [2.75, 3.05) is 11.9 Å². The van der Waals surface area contributed by atoms with Crippen molar-refractivity contribution in [3.63, 3.8) is 0 Å². The van der Waals surface area contributed by atoms with Crippen LogP contribution in [0, 0.1) is 17.1 Å². The lowest BCUT2D eigenvalue weighted by molar-refractivity contribution is -0.112. The highest BCUT2D eigenvalue weighted by molar-refractivity contribution is 6.30. The van der Waals surface area contributed by atoms with Gasteiger partial charge in [-0.1, -0.05) is 29.8 Å². The second kappa shape index (κ2) is 11.0. The third kappa shape index (κ3) is 6.34. The molecule has 1 N–H and O–H groups in total. The zero-order valence-corrected chi connectivity index (χ0v) is 18.0. The molecule has 0 radical (unpaired) electrons.